The highest BCUT2D eigenvalue weighted by Gasteiger charge is 2.32. The van der Waals surface area contributed by atoms with E-state index < -0.39 is 0 Å². The Kier molecular flexibility index (Phi) is 4.36. The van der Waals surface area contributed by atoms with E-state index >= 15 is 0 Å². The van der Waals surface area contributed by atoms with Gasteiger partial charge >= 0.3 is 0 Å². The van der Waals surface area contributed by atoms with Crippen molar-refractivity contribution in [3.8, 4) is 0 Å². The molecule has 0 radical (unpaired) electrons. The Morgan fingerprint density at radius 1 is 1.16 bits per heavy atom. The molecule has 0 bridgehead atoms. The summed E-state index contributed by atoms with van der Waals surface area (Å²) in [6.45, 7) is 2.06. The van der Waals surface area contributed by atoms with E-state index in [1.165, 1.54) is 18.5 Å². The average Bonchev–Trinajstić information content (AvgIpc) is 3.05. The molecular weight excluding hydrogens is 312 g/mol. The van der Waals surface area contributed by atoms with Crippen molar-refractivity contribution in [1.29, 1.82) is 0 Å². The first-order chi connectivity index (χ1) is 12.2. The lowest BCUT2D eigenvalue weighted by molar-refractivity contribution is 0.122. The van der Waals surface area contributed by atoms with Crippen LogP contribution in [0.15, 0.2) is 43.2 Å². The molecule has 1 aliphatic heterocycles. The van der Waals surface area contributed by atoms with E-state index in [9.17, 15) is 0 Å². The maximum absolute atomic E-state index is 4.42. The second-order valence-corrected chi connectivity index (χ2v) is 6.89. The van der Waals surface area contributed by atoms with Crippen LogP contribution in [0.1, 0.15) is 24.6 Å². The molecule has 4 heterocycles. The second kappa shape index (κ2) is 6.80. The van der Waals surface area contributed by atoms with Crippen LogP contribution in [-0.4, -0.2) is 44.6 Å². The fourth-order valence-corrected chi connectivity index (χ4v) is 3.98. The first-order valence-electron chi connectivity index (χ1n) is 8.83. The highest BCUT2D eigenvalue weighted by molar-refractivity contribution is 5.90. The summed E-state index contributed by atoms with van der Waals surface area (Å²) in [6.07, 6.45) is 11.9. The van der Waals surface area contributed by atoms with Gasteiger partial charge in [0.15, 0.2) is 0 Å². The van der Waals surface area contributed by atoms with Crippen LogP contribution in [0.5, 0.6) is 0 Å². The first-order valence-corrected chi connectivity index (χ1v) is 8.83. The zero-order valence-electron chi connectivity index (χ0n) is 14.8. The minimum Gasteiger partial charge on any atom is -0.384 e. The quantitative estimate of drug-likeness (QED) is 0.794. The predicted molar refractivity (Wildman–Crippen MR) is 99.3 cm³/mol. The summed E-state index contributed by atoms with van der Waals surface area (Å²) in [6, 6.07) is 4.38. The van der Waals surface area contributed by atoms with Gasteiger partial charge in [0, 0.05) is 49.5 Å². The second-order valence-electron chi connectivity index (χ2n) is 6.89. The summed E-state index contributed by atoms with van der Waals surface area (Å²) in [7, 11) is 4.30. The van der Waals surface area contributed by atoms with Crippen molar-refractivity contribution < 1.29 is 0 Å². The highest BCUT2D eigenvalue weighted by Crippen LogP contribution is 2.35. The fourth-order valence-electron chi connectivity index (χ4n) is 3.98. The zero-order valence-corrected chi connectivity index (χ0v) is 14.8. The van der Waals surface area contributed by atoms with Gasteiger partial charge in [-0.15, -0.1) is 0 Å². The van der Waals surface area contributed by atoms with Gasteiger partial charge in [-0.3, -0.25) is 14.9 Å². The van der Waals surface area contributed by atoms with Crippen molar-refractivity contribution in [3.63, 3.8) is 0 Å². The number of fused-ring (bicyclic) bond motifs is 1. The van der Waals surface area contributed by atoms with E-state index in [2.05, 4.69) is 43.8 Å². The molecule has 130 valence electrons. The molecule has 1 aliphatic rings. The number of imidazole rings is 1. The number of piperidine rings is 1. The summed E-state index contributed by atoms with van der Waals surface area (Å²) < 4.78 is 2.14. The molecule has 0 unspecified atom stereocenters. The molecule has 6 heteroatoms. The van der Waals surface area contributed by atoms with Crippen LogP contribution in [0.2, 0.25) is 0 Å². The minimum absolute atomic E-state index is 0.389. The predicted octanol–water partition coefficient (Wildman–Crippen LogP) is 2.86. The summed E-state index contributed by atoms with van der Waals surface area (Å²) >= 11 is 0. The van der Waals surface area contributed by atoms with Crippen LogP contribution >= 0.6 is 0 Å². The third-order valence-electron chi connectivity index (χ3n) is 5.26. The molecule has 0 aliphatic carbocycles. The van der Waals surface area contributed by atoms with Crippen molar-refractivity contribution in [2.24, 2.45) is 13.0 Å². The van der Waals surface area contributed by atoms with Gasteiger partial charge in [0.05, 0.1) is 23.6 Å². The molecule has 1 N–H and O–H groups in total. The molecule has 3 aromatic heterocycles. The Bertz CT molecular complexity index is 853. The van der Waals surface area contributed by atoms with Crippen molar-refractivity contribution in [2.45, 2.75) is 18.9 Å². The summed E-state index contributed by atoms with van der Waals surface area (Å²) in [5, 5.41) is 4.73. The largest absolute Gasteiger partial charge is 0.384 e. The lowest BCUT2D eigenvalue weighted by atomic mass is 9.87. The molecular formula is C19H24N6. The third-order valence-corrected chi connectivity index (χ3v) is 5.26. The number of nitrogens with zero attached hydrogens (tertiary/aromatic N) is 5. The van der Waals surface area contributed by atoms with E-state index in [1.807, 2.05) is 37.1 Å². The van der Waals surface area contributed by atoms with Crippen molar-refractivity contribution in [1.82, 2.24) is 24.4 Å². The molecule has 0 aromatic carbocycles. The Labute approximate surface area is 147 Å². The van der Waals surface area contributed by atoms with Crippen LogP contribution < -0.4 is 5.32 Å². The van der Waals surface area contributed by atoms with Gasteiger partial charge < -0.3 is 9.88 Å². The number of aryl methyl sites for hydroxylation is 1. The molecule has 0 amide bonds. The molecule has 0 saturated carbocycles. The first kappa shape index (κ1) is 16.0. The van der Waals surface area contributed by atoms with Crippen LogP contribution in [0.4, 0.5) is 5.69 Å². The van der Waals surface area contributed by atoms with Crippen molar-refractivity contribution >= 4 is 16.6 Å². The Morgan fingerprint density at radius 3 is 2.92 bits per heavy atom. The molecule has 4 rings (SSSR count). The average molecular weight is 336 g/mol. The smallest absolute Gasteiger partial charge is 0.0946 e. The van der Waals surface area contributed by atoms with Crippen LogP contribution in [0.3, 0.4) is 0 Å². The Hall–Kier alpha value is -2.47. The van der Waals surface area contributed by atoms with Crippen molar-refractivity contribution in [3.05, 3.63) is 48.9 Å². The van der Waals surface area contributed by atoms with Gasteiger partial charge in [-0.1, -0.05) is 0 Å². The van der Waals surface area contributed by atoms with Gasteiger partial charge in [-0.2, -0.15) is 0 Å². The fraction of sp³-hybridized carbons (Fsp3) is 0.421. The maximum Gasteiger partial charge on any atom is 0.0946 e. The monoisotopic (exact) mass is 336 g/mol. The molecule has 3 aromatic rings. The molecule has 1 fully saturated rings. The number of hydrogen-bond donors (Lipinski definition) is 1. The van der Waals surface area contributed by atoms with E-state index in [0.29, 0.717) is 12.0 Å². The van der Waals surface area contributed by atoms with Gasteiger partial charge in [0.2, 0.25) is 0 Å². The number of rotatable bonds is 4. The van der Waals surface area contributed by atoms with E-state index in [0.717, 1.165) is 29.7 Å². The standard InChI is InChI=1S/C19H24N6/c1-24-9-3-4-14(19(24)18-12-21-13-25(18)2)10-23-17-6-8-22-16-5-7-20-11-15(16)17/h5-8,11-14,19H,3-4,9-10H2,1-2H3,(H,22,23)/t14-,19+/m0/s1. The van der Waals surface area contributed by atoms with Crippen LogP contribution in [-0.2, 0) is 7.05 Å². The SMILES string of the molecule is CN1CCC[C@@H](CNc2ccnc3ccncc23)[C@@H]1c1cncn1C. The molecule has 25 heavy (non-hydrogen) atoms. The molecule has 0 spiro atoms. The Morgan fingerprint density at radius 2 is 2.08 bits per heavy atom. The number of hydrogen-bond acceptors (Lipinski definition) is 5. The number of aromatic nitrogens is 4. The molecule has 1 saturated heterocycles. The van der Waals surface area contributed by atoms with Gasteiger partial charge in [-0.25, -0.2) is 4.98 Å². The number of anilines is 1. The van der Waals surface area contributed by atoms with Crippen LogP contribution in [0.25, 0.3) is 10.9 Å². The van der Waals surface area contributed by atoms with E-state index in [1.54, 1.807) is 6.20 Å². The van der Waals surface area contributed by atoms with E-state index in [4.69, 9.17) is 0 Å². The minimum atomic E-state index is 0.389. The third kappa shape index (κ3) is 3.09. The van der Waals surface area contributed by atoms with Gasteiger partial charge in [0.25, 0.3) is 0 Å². The summed E-state index contributed by atoms with van der Waals surface area (Å²) in [5.74, 6) is 0.536. The van der Waals surface area contributed by atoms with Crippen LogP contribution in [0, 0.1) is 5.92 Å². The van der Waals surface area contributed by atoms with E-state index in [-0.39, 0.29) is 0 Å². The van der Waals surface area contributed by atoms with Crippen molar-refractivity contribution in [2.75, 3.05) is 25.5 Å². The zero-order chi connectivity index (χ0) is 17.2. The normalized spacial score (nSPS) is 21.5. The summed E-state index contributed by atoms with van der Waals surface area (Å²) in [5.41, 5.74) is 3.37. The maximum atomic E-state index is 4.42. The lowest BCUT2D eigenvalue weighted by Crippen LogP contribution is -2.39. The number of likely N-dealkylation sites (tertiary alicyclic amines) is 1. The molecule has 6 nitrogen and oxygen atoms in total. The van der Waals surface area contributed by atoms with Gasteiger partial charge in [-0.05, 0) is 44.5 Å². The highest BCUT2D eigenvalue weighted by atomic mass is 15.2. The summed E-state index contributed by atoms with van der Waals surface area (Å²) in [4.78, 5) is 15.4. The number of pyridine rings is 2. The Balaban J connectivity index is 1.57. The number of nitrogens with one attached hydrogen (secondary N) is 1. The topological polar surface area (TPSA) is 58.9 Å². The lowest BCUT2D eigenvalue weighted by Gasteiger charge is -2.39. The van der Waals surface area contributed by atoms with Gasteiger partial charge in [0.1, 0.15) is 0 Å². The molecule has 2 atom stereocenters.